The minimum atomic E-state index is 0. The minimum absolute atomic E-state index is 0. The molecule has 7 heteroatoms. The molecule has 0 radical (unpaired) electrons. The maximum atomic E-state index is 4.46. The monoisotopic (exact) mass is 502 g/mol. The van der Waals surface area contributed by atoms with Crippen molar-refractivity contribution in [1.29, 1.82) is 0 Å². The van der Waals surface area contributed by atoms with E-state index in [9.17, 15) is 0 Å². The lowest BCUT2D eigenvalue weighted by Gasteiger charge is -2.48. The van der Waals surface area contributed by atoms with Crippen molar-refractivity contribution in [3.63, 3.8) is 0 Å². The lowest BCUT2D eigenvalue weighted by atomic mass is 9.79. The number of hydrogen-bond acceptors (Lipinski definition) is 3. The molecule has 1 saturated heterocycles. The van der Waals surface area contributed by atoms with Crippen molar-refractivity contribution in [1.82, 2.24) is 25.3 Å². The van der Waals surface area contributed by atoms with E-state index in [1.165, 1.54) is 70.0 Å². The second-order valence-electron chi connectivity index (χ2n) is 8.31. The summed E-state index contributed by atoms with van der Waals surface area (Å²) in [6.45, 7) is 4.51. The molecule has 1 aliphatic carbocycles. The smallest absolute Gasteiger partial charge is 0.191 e. The first-order chi connectivity index (χ1) is 13.2. The van der Waals surface area contributed by atoms with Gasteiger partial charge < -0.3 is 10.6 Å². The molecule has 6 nitrogen and oxygen atoms in total. The average Bonchev–Trinajstić information content (AvgIpc) is 3.14. The fourth-order valence-corrected chi connectivity index (χ4v) is 4.75. The average molecular weight is 502 g/mol. The van der Waals surface area contributed by atoms with Crippen LogP contribution in [0.1, 0.15) is 63.4 Å². The second kappa shape index (κ2) is 12.0. The zero-order valence-electron chi connectivity index (χ0n) is 17.8. The van der Waals surface area contributed by atoms with Gasteiger partial charge in [-0.3, -0.25) is 14.6 Å². The molecule has 1 saturated carbocycles. The molecule has 2 aliphatic rings. The van der Waals surface area contributed by atoms with Crippen LogP contribution in [0.4, 0.5) is 0 Å². The lowest BCUT2D eigenvalue weighted by Crippen LogP contribution is -2.59. The summed E-state index contributed by atoms with van der Waals surface area (Å²) in [7, 11) is 3.85. The number of halogens is 1. The first-order valence-electron chi connectivity index (χ1n) is 10.9. The maximum absolute atomic E-state index is 4.46. The fourth-order valence-electron chi connectivity index (χ4n) is 4.75. The number of piperidine rings is 1. The molecule has 2 N–H and O–H groups in total. The zero-order chi connectivity index (χ0) is 19.0. The van der Waals surface area contributed by atoms with Gasteiger partial charge in [0, 0.05) is 38.9 Å². The summed E-state index contributed by atoms with van der Waals surface area (Å²) >= 11 is 0. The molecular formula is C21H39IN6. The van der Waals surface area contributed by atoms with Crippen LogP contribution in [0.2, 0.25) is 0 Å². The van der Waals surface area contributed by atoms with Crippen molar-refractivity contribution in [2.45, 2.75) is 69.7 Å². The first kappa shape index (κ1) is 23.4. The lowest BCUT2D eigenvalue weighted by molar-refractivity contribution is 0.0368. The number of aliphatic imine (C=N–C) groups is 1. The molecule has 1 aliphatic heterocycles. The molecule has 3 rings (SSSR count). The fraction of sp³-hybridized carbons (Fsp3) is 0.810. The molecule has 1 aromatic heterocycles. The van der Waals surface area contributed by atoms with Gasteiger partial charge in [-0.25, -0.2) is 0 Å². The molecule has 2 fully saturated rings. The highest BCUT2D eigenvalue weighted by atomic mass is 127. The van der Waals surface area contributed by atoms with Crippen LogP contribution in [0.5, 0.6) is 0 Å². The molecule has 0 atom stereocenters. The Morgan fingerprint density at radius 1 is 1.11 bits per heavy atom. The predicted molar refractivity (Wildman–Crippen MR) is 128 cm³/mol. The summed E-state index contributed by atoms with van der Waals surface area (Å²) in [6, 6.07) is 0. The third kappa shape index (κ3) is 6.61. The van der Waals surface area contributed by atoms with Gasteiger partial charge in [0.25, 0.3) is 0 Å². The summed E-state index contributed by atoms with van der Waals surface area (Å²) in [5.41, 5.74) is 1.64. The van der Waals surface area contributed by atoms with Crippen LogP contribution in [0, 0.1) is 0 Å². The van der Waals surface area contributed by atoms with Crippen molar-refractivity contribution in [2.24, 2.45) is 12.0 Å². The molecular weight excluding hydrogens is 463 g/mol. The van der Waals surface area contributed by atoms with Crippen LogP contribution in [0.25, 0.3) is 0 Å². The topological polar surface area (TPSA) is 57.5 Å². The van der Waals surface area contributed by atoms with Gasteiger partial charge in [-0.15, -0.1) is 24.0 Å². The largest absolute Gasteiger partial charge is 0.356 e. The van der Waals surface area contributed by atoms with Gasteiger partial charge in [0.2, 0.25) is 0 Å². The standard InChI is InChI=1S/C21H38N6.HI/c1-22-20(23-13-9-10-19-16-25-26(2)17-19)24-18-21(11-5-3-6-12-21)27-14-7-4-8-15-27;/h16-17H,3-15,18H2,1-2H3,(H2,22,23,24);1H. The Hall–Kier alpha value is -0.830. The van der Waals surface area contributed by atoms with Crippen LogP contribution in [0.15, 0.2) is 17.4 Å². The van der Waals surface area contributed by atoms with E-state index >= 15 is 0 Å². The van der Waals surface area contributed by atoms with Crippen molar-refractivity contribution >= 4 is 29.9 Å². The van der Waals surface area contributed by atoms with E-state index < -0.39 is 0 Å². The quantitative estimate of drug-likeness (QED) is 0.260. The Kier molecular flexibility index (Phi) is 10.0. The number of rotatable bonds is 7. The molecule has 160 valence electrons. The number of aryl methyl sites for hydroxylation is 2. The first-order valence-corrected chi connectivity index (χ1v) is 10.9. The van der Waals surface area contributed by atoms with Crippen molar-refractivity contribution < 1.29 is 0 Å². The third-order valence-corrected chi connectivity index (χ3v) is 6.31. The van der Waals surface area contributed by atoms with Gasteiger partial charge in [0.05, 0.1) is 6.20 Å². The van der Waals surface area contributed by atoms with Gasteiger partial charge in [0.1, 0.15) is 0 Å². The number of aromatic nitrogens is 2. The van der Waals surface area contributed by atoms with E-state index in [4.69, 9.17) is 0 Å². The normalized spacial score (nSPS) is 20.4. The maximum Gasteiger partial charge on any atom is 0.191 e. The zero-order valence-corrected chi connectivity index (χ0v) is 20.1. The third-order valence-electron chi connectivity index (χ3n) is 6.31. The molecule has 28 heavy (non-hydrogen) atoms. The molecule has 0 bridgehead atoms. The van der Waals surface area contributed by atoms with Crippen LogP contribution >= 0.6 is 24.0 Å². The Bertz CT molecular complexity index is 587. The molecule has 0 spiro atoms. The summed E-state index contributed by atoms with van der Waals surface area (Å²) < 4.78 is 1.87. The Morgan fingerprint density at radius 2 is 1.82 bits per heavy atom. The minimum Gasteiger partial charge on any atom is -0.356 e. The molecule has 1 aromatic rings. The number of likely N-dealkylation sites (tertiary alicyclic amines) is 1. The molecule has 0 aromatic carbocycles. The van der Waals surface area contributed by atoms with E-state index in [0.29, 0.717) is 5.54 Å². The van der Waals surface area contributed by atoms with Crippen LogP contribution in [0.3, 0.4) is 0 Å². The Morgan fingerprint density at radius 3 is 2.46 bits per heavy atom. The van der Waals surface area contributed by atoms with E-state index in [2.05, 4.69) is 31.8 Å². The highest BCUT2D eigenvalue weighted by Crippen LogP contribution is 2.35. The number of nitrogens with one attached hydrogen (secondary N) is 2. The highest BCUT2D eigenvalue weighted by molar-refractivity contribution is 14.0. The van der Waals surface area contributed by atoms with Gasteiger partial charge >= 0.3 is 0 Å². The SMILES string of the molecule is CN=C(NCCCc1cnn(C)c1)NCC1(N2CCCCC2)CCCCC1.I. The van der Waals surface area contributed by atoms with Gasteiger partial charge in [-0.2, -0.15) is 5.10 Å². The van der Waals surface area contributed by atoms with Crippen molar-refractivity contribution in [3.8, 4) is 0 Å². The summed E-state index contributed by atoms with van der Waals surface area (Å²) in [5.74, 6) is 0.947. The van der Waals surface area contributed by atoms with Crippen LogP contribution in [-0.4, -0.2) is 59.4 Å². The van der Waals surface area contributed by atoms with Gasteiger partial charge in [0.15, 0.2) is 5.96 Å². The van der Waals surface area contributed by atoms with E-state index in [0.717, 1.165) is 31.9 Å². The number of hydrogen-bond donors (Lipinski definition) is 2. The van der Waals surface area contributed by atoms with Crippen molar-refractivity contribution in [3.05, 3.63) is 18.0 Å². The van der Waals surface area contributed by atoms with Gasteiger partial charge in [-0.1, -0.05) is 25.7 Å². The van der Waals surface area contributed by atoms with Crippen molar-refractivity contribution in [2.75, 3.05) is 33.2 Å². The Labute approximate surface area is 187 Å². The van der Waals surface area contributed by atoms with E-state index in [1.54, 1.807) is 0 Å². The number of guanidine groups is 1. The van der Waals surface area contributed by atoms with E-state index in [1.807, 2.05) is 25.0 Å². The van der Waals surface area contributed by atoms with E-state index in [-0.39, 0.29) is 24.0 Å². The molecule has 0 unspecified atom stereocenters. The second-order valence-corrected chi connectivity index (χ2v) is 8.31. The van der Waals surface area contributed by atoms with Crippen LogP contribution < -0.4 is 10.6 Å². The summed E-state index contributed by atoms with van der Waals surface area (Å²) in [5, 5.41) is 11.4. The predicted octanol–water partition coefficient (Wildman–Crippen LogP) is 3.32. The molecule has 2 heterocycles. The molecule has 0 amide bonds. The summed E-state index contributed by atoms with van der Waals surface area (Å²) in [4.78, 5) is 7.25. The number of nitrogens with zero attached hydrogens (tertiary/aromatic N) is 4. The highest BCUT2D eigenvalue weighted by Gasteiger charge is 2.38. The van der Waals surface area contributed by atoms with Gasteiger partial charge in [-0.05, 0) is 57.2 Å². The van der Waals surface area contributed by atoms with Crippen LogP contribution in [-0.2, 0) is 13.5 Å². The summed E-state index contributed by atoms with van der Waals surface area (Å²) in [6.07, 6.45) is 17.1. The Balaban J connectivity index is 0.00000280.